The van der Waals surface area contributed by atoms with Crippen LogP contribution in [0.4, 0.5) is 17.1 Å². The Bertz CT molecular complexity index is 1020. The number of nitrogens with zero attached hydrogens (tertiary/aromatic N) is 1. The predicted octanol–water partition coefficient (Wildman–Crippen LogP) is 8.13. The maximum absolute atomic E-state index is 11.5. The molecule has 0 spiro atoms. The van der Waals surface area contributed by atoms with Gasteiger partial charge in [0.2, 0.25) is 0 Å². The molecule has 1 aliphatic rings. The zero-order chi connectivity index (χ0) is 26.0. The second kappa shape index (κ2) is 13.9. The minimum absolute atomic E-state index is 0.239. The van der Waals surface area contributed by atoms with Crippen LogP contribution >= 0.6 is 23.5 Å². The summed E-state index contributed by atoms with van der Waals surface area (Å²) in [5, 5.41) is 3.24. The number of thioether (sulfide) groups is 2. The van der Waals surface area contributed by atoms with Crippen LogP contribution in [-0.4, -0.2) is 38.7 Å². The van der Waals surface area contributed by atoms with Crippen molar-refractivity contribution >= 4 is 46.6 Å². The highest BCUT2D eigenvalue weighted by Crippen LogP contribution is 2.50. The van der Waals surface area contributed by atoms with Gasteiger partial charge in [-0.05, 0) is 60.9 Å². The summed E-state index contributed by atoms with van der Waals surface area (Å²) in [6.07, 6.45) is 12.2. The molecular weight excluding hydrogens is 488 g/mol. The Labute approximate surface area is 225 Å². The summed E-state index contributed by atoms with van der Waals surface area (Å²) in [6, 6.07) is 13.1. The second-order valence-electron chi connectivity index (χ2n) is 9.29. The van der Waals surface area contributed by atoms with Gasteiger partial charge in [-0.25, -0.2) is 4.79 Å². The molecule has 1 N–H and O–H groups in total. The van der Waals surface area contributed by atoms with Gasteiger partial charge in [0.1, 0.15) is 5.75 Å². The molecule has 2 aromatic rings. The first-order chi connectivity index (χ1) is 17.5. The fraction of sp³-hybridized carbons (Fsp3) is 0.483. The van der Waals surface area contributed by atoms with Crippen LogP contribution in [-0.2, 0) is 9.53 Å². The van der Waals surface area contributed by atoms with Gasteiger partial charge in [0.25, 0.3) is 0 Å². The Hall–Kier alpha value is -2.25. The van der Waals surface area contributed by atoms with Crippen molar-refractivity contribution in [3.8, 4) is 5.75 Å². The predicted molar refractivity (Wildman–Crippen MR) is 155 cm³/mol. The van der Waals surface area contributed by atoms with Gasteiger partial charge in [-0.15, -0.1) is 23.5 Å². The highest BCUT2D eigenvalue weighted by Gasteiger charge is 2.36. The van der Waals surface area contributed by atoms with E-state index in [2.05, 4.69) is 66.7 Å². The number of esters is 1. The van der Waals surface area contributed by atoms with Crippen LogP contribution in [0.1, 0.15) is 52.4 Å². The van der Waals surface area contributed by atoms with E-state index in [9.17, 15) is 4.79 Å². The molecule has 0 saturated heterocycles. The van der Waals surface area contributed by atoms with Crippen LogP contribution in [0.5, 0.6) is 5.75 Å². The highest BCUT2D eigenvalue weighted by atomic mass is 32.2. The summed E-state index contributed by atoms with van der Waals surface area (Å²) in [5.74, 6) is 1.41. The number of hydrogen-bond acceptors (Lipinski definition) is 7. The van der Waals surface area contributed by atoms with Crippen LogP contribution in [0.2, 0.25) is 0 Å². The number of unbranched alkanes of at least 4 members (excludes halogenated alkanes) is 2. The Balaban J connectivity index is 2.07. The number of methoxy groups -OCH3 is 1. The van der Waals surface area contributed by atoms with E-state index in [1.165, 1.54) is 74.2 Å². The van der Waals surface area contributed by atoms with Gasteiger partial charge < -0.3 is 19.7 Å². The number of benzene rings is 2. The quantitative estimate of drug-likeness (QED) is 0.129. The molecule has 0 bridgehead atoms. The molecule has 0 atom stereocenters. The summed E-state index contributed by atoms with van der Waals surface area (Å²) in [4.78, 5) is 16.3. The maximum atomic E-state index is 11.5. The Kier molecular flexibility index (Phi) is 10.9. The first-order valence-electron chi connectivity index (χ1n) is 12.8. The average molecular weight is 529 g/mol. The number of hydrogen-bond donors (Lipinski definition) is 1. The molecule has 7 heteroatoms. The SMILES string of the molecule is CCCCC1(CCCC)CSc2cc(O/C=C/C(=O)OC)c(SC)cc2N(c2ccc(NC)cc2)C1. The second-order valence-corrected chi connectivity index (χ2v) is 11.2. The van der Waals surface area contributed by atoms with E-state index in [1.807, 2.05) is 18.8 Å². The lowest BCUT2D eigenvalue weighted by Crippen LogP contribution is -2.36. The molecule has 3 rings (SSSR count). The molecule has 0 aliphatic carbocycles. The molecule has 1 aliphatic heterocycles. The van der Waals surface area contributed by atoms with Gasteiger partial charge in [-0.2, -0.15) is 0 Å². The fourth-order valence-corrected chi connectivity index (χ4v) is 6.49. The largest absolute Gasteiger partial charge is 0.466 e. The van der Waals surface area contributed by atoms with Crippen molar-refractivity contribution in [3.63, 3.8) is 0 Å². The number of carbonyl (C=O) groups is 1. The molecule has 5 nitrogen and oxygen atoms in total. The first kappa shape index (κ1) is 28.3. The first-order valence-corrected chi connectivity index (χ1v) is 15.0. The molecule has 0 saturated carbocycles. The number of carbonyl (C=O) groups excluding carboxylic acids is 1. The summed E-state index contributed by atoms with van der Waals surface area (Å²) in [6.45, 7) is 5.58. The zero-order valence-electron chi connectivity index (χ0n) is 22.3. The van der Waals surface area contributed by atoms with Crippen molar-refractivity contribution in [2.45, 2.75) is 62.2 Å². The van der Waals surface area contributed by atoms with Crippen molar-refractivity contribution < 1.29 is 14.3 Å². The molecule has 1 heterocycles. The van der Waals surface area contributed by atoms with E-state index in [0.29, 0.717) is 0 Å². The van der Waals surface area contributed by atoms with E-state index in [0.717, 1.165) is 28.6 Å². The average Bonchev–Trinajstić information content (AvgIpc) is 3.07. The minimum Gasteiger partial charge on any atom is -0.466 e. The summed E-state index contributed by atoms with van der Waals surface area (Å²) >= 11 is 3.59. The topological polar surface area (TPSA) is 50.8 Å². The lowest BCUT2D eigenvalue weighted by Gasteiger charge is -2.38. The number of anilines is 3. The third kappa shape index (κ3) is 7.16. The van der Waals surface area contributed by atoms with Gasteiger partial charge >= 0.3 is 5.97 Å². The molecule has 0 unspecified atom stereocenters. The van der Waals surface area contributed by atoms with E-state index in [4.69, 9.17) is 9.47 Å². The van der Waals surface area contributed by atoms with E-state index in [1.54, 1.807) is 11.8 Å². The van der Waals surface area contributed by atoms with Gasteiger partial charge in [0, 0.05) is 35.6 Å². The monoisotopic (exact) mass is 528 g/mol. The number of rotatable bonds is 12. The molecular formula is C29H40N2O3S2. The Morgan fingerprint density at radius 1 is 1.17 bits per heavy atom. The molecule has 0 aromatic heterocycles. The maximum Gasteiger partial charge on any atom is 0.333 e. The van der Waals surface area contributed by atoms with Crippen LogP contribution in [0, 0.1) is 5.41 Å². The van der Waals surface area contributed by atoms with Crippen molar-refractivity contribution in [1.29, 1.82) is 0 Å². The van der Waals surface area contributed by atoms with Crippen molar-refractivity contribution in [2.24, 2.45) is 5.41 Å². The summed E-state index contributed by atoms with van der Waals surface area (Å²) < 4.78 is 10.6. The fourth-order valence-electron chi connectivity index (χ4n) is 4.61. The van der Waals surface area contributed by atoms with Crippen LogP contribution in [0.15, 0.2) is 58.5 Å². The highest BCUT2D eigenvalue weighted by molar-refractivity contribution is 7.99. The third-order valence-corrected chi connectivity index (χ3v) is 8.91. The minimum atomic E-state index is -0.433. The molecule has 196 valence electrons. The van der Waals surface area contributed by atoms with Crippen molar-refractivity contribution in [2.75, 3.05) is 42.9 Å². The number of ether oxygens (including phenoxy) is 2. The number of nitrogens with one attached hydrogen (secondary N) is 1. The molecule has 0 fully saturated rings. The third-order valence-electron chi connectivity index (χ3n) is 6.75. The number of fused-ring (bicyclic) bond motifs is 1. The van der Waals surface area contributed by atoms with Gasteiger partial charge in [0.05, 0.1) is 30.0 Å². The smallest absolute Gasteiger partial charge is 0.333 e. The molecule has 0 radical (unpaired) electrons. The lowest BCUT2D eigenvalue weighted by molar-refractivity contribution is -0.134. The normalized spacial score (nSPS) is 14.9. The van der Waals surface area contributed by atoms with Crippen molar-refractivity contribution in [3.05, 3.63) is 48.7 Å². The molecule has 2 aromatic carbocycles. The van der Waals surface area contributed by atoms with E-state index in [-0.39, 0.29) is 5.41 Å². The standard InChI is InChI=1S/C29H40N2O3S2/c1-6-8-15-29(16-9-7-2)20-31(23-12-10-22(30-3)11-13-23)24-18-27(35-5)25(19-26(24)36-21-29)34-17-14-28(32)33-4/h10-14,17-19,30H,6-9,15-16,20-21H2,1-5H3/b17-14+. The molecule has 0 amide bonds. The zero-order valence-corrected chi connectivity index (χ0v) is 23.9. The summed E-state index contributed by atoms with van der Waals surface area (Å²) in [5.41, 5.74) is 3.78. The van der Waals surface area contributed by atoms with E-state index < -0.39 is 5.97 Å². The van der Waals surface area contributed by atoms with Crippen LogP contribution in [0.3, 0.4) is 0 Å². The van der Waals surface area contributed by atoms with Crippen molar-refractivity contribution in [1.82, 2.24) is 0 Å². The Morgan fingerprint density at radius 2 is 1.86 bits per heavy atom. The van der Waals surface area contributed by atoms with E-state index >= 15 is 0 Å². The Morgan fingerprint density at radius 3 is 2.44 bits per heavy atom. The summed E-state index contributed by atoms with van der Waals surface area (Å²) in [7, 11) is 3.31. The molecule has 36 heavy (non-hydrogen) atoms. The van der Waals surface area contributed by atoms with Gasteiger partial charge in [-0.3, -0.25) is 0 Å². The van der Waals surface area contributed by atoms with Crippen LogP contribution in [0.25, 0.3) is 0 Å². The lowest BCUT2D eigenvalue weighted by atomic mass is 9.79. The van der Waals surface area contributed by atoms with Gasteiger partial charge in [0.15, 0.2) is 0 Å². The van der Waals surface area contributed by atoms with Gasteiger partial charge in [-0.1, -0.05) is 39.5 Å². The van der Waals surface area contributed by atoms with Crippen LogP contribution < -0.4 is 15.0 Å².